The number of alkyl halides is 1. The maximum atomic E-state index is 7.43. The van der Waals surface area contributed by atoms with Gasteiger partial charge in [0, 0.05) is 7.25 Å². The molecular formula is C8H9Cl. The summed E-state index contributed by atoms with van der Waals surface area (Å²) in [5.41, 5.74) is 0.984. The highest BCUT2D eigenvalue weighted by Crippen LogP contribution is 1.99. The largest absolute Gasteiger partial charge is 0.126 e. The van der Waals surface area contributed by atoms with E-state index in [9.17, 15) is 0 Å². The Morgan fingerprint density at radius 2 is 2.00 bits per heavy atom. The lowest BCUT2D eigenvalue weighted by Gasteiger charge is -1.92. The van der Waals surface area contributed by atoms with Crippen LogP contribution >= 0.6 is 11.6 Å². The minimum Gasteiger partial charge on any atom is -0.126 e. The number of hydrogen-bond donors (Lipinski definition) is 0. The van der Waals surface area contributed by atoms with Gasteiger partial charge in [0.1, 0.15) is 0 Å². The molecule has 0 amide bonds. The fourth-order valence-electron chi connectivity index (χ4n) is 0.678. The molecule has 9 heavy (non-hydrogen) atoms. The standard InChI is InChI=1S/C8H9Cl/c9-7-6-8-4-2-1-3-5-8/h1-5H,6-7H2/i6D. The van der Waals surface area contributed by atoms with Crippen molar-refractivity contribution in [1.82, 2.24) is 0 Å². The summed E-state index contributed by atoms with van der Waals surface area (Å²) in [6, 6.07) is 9.61. The molecule has 0 bridgehead atoms. The molecule has 0 aliphatic heterocycles. The Morgan fingerprint density at radius 3 is 2.56 bits per heavy atom. The molecule has 0 heterocycles. The quantitative estimate of drug-likeness (QED) is 0.555. The van der Waals surface area contributed by atoms with Crippen LogP contribution in [0.3, 0.4) is 0 Å². The van der Waals surface area contributed by atoms with E-state index in [4.69, 9.17) is 13.0 Å². The van der Waals surface area contributed by atoms with Gasteiger partial charge in [-0.2, -0.15) is 0 Å². The van der Waals surface area contributed by atoms with E-state index in [0.717, 1.165) is 5.56 Å². The highest BCUT2D eigenvalue weighted by Gasteiger charge is 1.85. The van der Waals surface area contributed by atoms with Crippen LogP contribution in [0, 0.1) is 0 Å². The monoisotopic (exact) mass is 141 g/mol. The molecule has 0 N–H and O–H groups in total. The first-order valence-corrected chi connectivity index (χ1v) is 3.41. The third-order valence-corrected chi connectivity index (χ3v) is 1.27. The van der Waals surface area contributed by atoms with Crippen LogP contribution in [0.2, 0.25) is 0 Å². The van der Waals surface area contributed by atoms with Gasteiger partial charge in [-0.15, -0.1) is 11.6 Å². The van der Waals surface area contributed by atoms with Gasteiger partial charge in [0.15, 0.2) is 0 Å². The summed E-state index contributed by atoms with van der Waals surface area (Å²) in [6.07, 6.45) is -0.275. The molecule has 0 saturated heterocycles. The highest BCUT2D eigenvalue weighted by atomic mass is 35.5. The van der Waals surface area contributed by atoms with Crippen molar-refractivity contribution in [2.45, 2.75) is 6.40 Å². The molecule has 1 rings (SSSR count). The van der Waals surface area contributed by atoms with Crippen LogP contribution in [0.4, 0.5) is 0 Å². The molecule has 0 saturated carbocycles. The minimum atomic E-state index is -0.275. The van der Waals surface area contributed by atoms with Gasteiger partial charge in [-0.3, -0.25) is 0 Å². The Hall–Kier alpha value is -0.490. The van der Waals surface area contributed by atoms with Crippen molar-refractivity contribution in [3.8, 4) is 0 Å². The average molecular weight is 142 g/mol. The van der Waals surface area contributed by atoms with Crippen LogP contribution in [0.1, 0.15) is 6.93 Å². The van der Waals surface area contributed by atoms with Crippen molar-refractivity contribution in [3.63, 3.8) is 0 Å². The molecule has 0 radical (unpaired) electrons. The van der Waals surface area contributed by atoms with Crippen molar-refractivity contribution in [2.24, 2.45) is 0 Å². The molecule has 1 atom stereocenters. The minimum absolute atomic E-state index is 0.275. The van der Waals surface area contributed by atoms with E-state index in [-0.39, 0.29) is 6.40 Å². The van der Waals surface area contributed by atoms with Gasteiger partial charge < -0.3 is 0 Å². The molecule has 1 unspecified atom stereocenters. The van der Waals surface area contributed by atoms with Crippen LogP contribution in [-0.2, 0) is 6.40 Å². The van der Waals surface area contributed by atoms with Crippen LogP contribution in [0.15, 0.2) is 30.3 Å². The Labute approximate surface area is 61.9 Å². The predicted octanol–water partition coefficient (Wildman–Crippen LogP) is 2.47. The molecule has 0 fully saturated rings. The van der Waals surface area contributed by atoms with E-state index in [1.54, 1.807) is 0 Å². The zero-order valence-electron chi connectivity index (χ0n) is 6.05. The first kappa shape index (κ1) is 5.31. The first-order valence-electron chi connectivity index (χ1n) is 3.45. The van der Waals surface area contributed by atoms with Crippen molar-refractivity contribution < 1.29 is 1.37 Å². The lowest BCUT2D eigenvalue weighted by atomic mass is 10.2. The summed E-state index contributed by atoms with van der Waals surface area (Å²) in [5.74, 6) is 0.365. The van der Waals surface area contributed by atoms with E-state index in [1.807, 2.05) is 30.3 Å². The third-order valence-electron chi connectivity index (χ3n) is 1.11. The summed E-state index contributed by atoms with van der Waals surface area (Å²) in [5, 5.41) is 0. The third kappa shape index (κ3) is 2.06. The summed E-state index contributed by atoms with van der Waals surface area (Å²) in [6.45, 7) is 0. The molecule has 48 valence electrons. The van der Waals surface area contributed by atoms with Crippen molar-refractivity contribution in [1.29, 1.82) is 0 Å². The van der Waals surface area contributed by atoms with E-state index < -0.39 is 0 Å². The molecule has 0 aliphatic rings. The van der Waals surface area contributed by atoms with Gasteiger partial charge >= 0.3 is 0 Å². The summed E-state index contributed by atoms with van der Waals surface area (Å²) >= 11 is 5.50. The van der Waals surface area contributed by atoms with Crippen LogP contribution in [-0.4, -0.2) is 5.88 Å². The van der Waals surface area contributed by atoms with Crippen molar-refractivity contribution >= 4 is 11.6 Å². The Bertz CT molecular complexity index is 186. The van der Waals surface area contributed by atoms with Gasteiger partial charge in [-0.25, -0.2) is 0 Å². The second-order valence-corrected chi connectivity index (χ2v) is 2.08. The Morgan fingerprint density at radius 1 is 1.33 bits per heavy atom. The molecule has 0 aromatic heterocycles. The number of halogens is 1. The van der Waals surface area contributed by atoms with Gasteiger partial charge in [0.05, 0.1) is 0 Å². The maximum absolute atomic E-state index is 7.43. The van der Waals surface area contributed by atoms with E-state index in [1.165, 1.54) is 0 Å². The molecular weight excluding hydrogens is 132 g/mol. The van der Waals surface area contributed by atoms with Gasteiger partial charge in [-0.05, 0) is 12.0 Å². The lowest BCUT2D eigenvalue weighted by molar-refractivity contribution is 1.15. The zero-order valence-corrected chi connectivity index (χ0v) is 5.81. The lowest BCUT2D eigenvalue weighted by Crippen LogP contribution is -1.82. The summed E-state index contributed by atoms with van der Waals surface area (Å²) in [4.78, 5) is 0. The summed E-state index contributed by atoms with van der Waals surface area (Å²) in [7, 11) is 0. The maximum Gasteiger partial charge on any atom is 0.0328 e. The second kappa shape index (κ2) is 3.52. The van der Waals surface area contributed by atoms with Crippen LogP contribution in [0.5, 0.6) is 0 Å². The molecule has 0 nitrogen and oxygen atoms in total. The van der Waals surface area contributed by atoms with Gasteiger partial charge in [0.2, 0.25) is 0 Å². The smallest absolute Gasteiger partial charge is 0.0328 e. The predicted molar refractivity (Wildman–Crippen MR) is 40.9 cm³/mol. The fourth-order valence-corrected chi connectivity index (χ4v) is 0.856. The Balaban J connectivity index is 2.75. The van der Waals surface area contributed by atoms with E-state index >= 15 is 0 Å². The van der Waals surface area contributed by atoms with E-state index in [0.29, 0.717) is 5.88 Å². The zero-order chi connectivity index (χ0) is 7.40. The average Bonchev–Trinajstić information content (AvgIpc) is 2.05. The van der Waals surface area contributed by atoms with Crippen LogP contribution in [0.25, 0.3) is 0 Å². The fraction of sp³-hybridized carbons (Fsp3) is 0.250. The second-order valence-electron chi connectivity index (χ2n) is 1.77. The molecule has 0 spiro atoms. The number of benzene rings is 1. The van der Waals surface area contributed by atoms with Gasteiger partial charge in [-0.1, -0.05) is 30.3 Å². The van der Waals surface area contributed by atoms with E-state index in [2.05, 4.69) is 0 Å². The molecule has 1 heteroatoms. The Kier molecular flexibility index (Phi) is 2.08. The molecule has 1 aromatic carbocycles. The highest BCUT2D eigenvalue weighted by molar-refractivity contribution is 6.17. The normalized spacial score (nSPS) is 14.6. The topological polar surface area (TPSA) is 0 Å². The first-order chi connectivity index (χ1) is 4.84. The van der Waals surface area contributed by atoms with Gasteiger partial charge in [0.25, 0.3) is 0 Å². The summed E-state index contributed by atoms with van der Waals surface area (Å²) < 4.78 is 7.43. The van der Waals surface area contributed by atoms with Crippen molar-refractivity contribution in [2.75, 3.05) is 5.88 Å². The SMILES string of the molecule is [2H]C(CCl)c1ccccc1. The number of hydrogen-bond acceptors (Lipinski definition) is 0. The molecule has 1 aromatic rings. The number of rotatable bonds is 2. The number of aryl methyl sites for hydroxylation is 1. The molecule has 0 aliphatic carbocycles. The van der Waals surface area contributed by atoms with Crippen molar-refractivity contribution in [3.05, 3.63) is 35.9 Å². The van der Waals surface area contributed by atoms with Crippen LogP contribution < -0.4 is 0 Å².